The number of ether oxygens (including phenoxy) is 1. The molecule has 1 aromatic heterocycles. The molecule has 0 saturated carbocycles. The smallest absolute Gasteiger partial charge is 0.477 e. The molecule has 0 fully saturated rings. The molecule has 1 heterocycles. The van der Waals surface area contributed by atoms with Crippen molar-refractivity contribution in [2.75, 3.05) is 0 Å². The maximum atomic E-state index is 12.6. The molecule has 0 bridgehead atoms. The summed E-state index contributed by atoms with van der Waals surface area (Å²) in [5.41, 5.74) is -0.807. The van der Waals surface area contributed by atoms with E-state index in [1.807, 2.05) is 0 Å². The predicted molar refractivity (Wildman–Crippen MR) is 56.4 cm³/mol. The van der Waals surface area contributed by atoms with Crippen LogP contribution in [0.5, 0.6) is 5.88 Å². The quantitative estimate of drug-likeness (QED) is 0.713. The molecule has 0 atom stereocenters. The van der Waals surface area contributed by atoms with Gasteiger partial charge in [0.15, 0.2) is 5.88 Å². The van der Waals surface area contributed by atoms with Gasteiger partial charge in [0, 0.05) is 10.7 Å². The Labute approximate surface area is 143 Å². The van der Waals surface area contributed by atoms with Gasteiger partial charge in [0.05, 0.1) is 6.10 Å². The van der Waals surface area contributed by atoms with Gasteiger partial charge >= 0.3 is 58.4 Å². The van der Waals surface area contributed by atoms with Crippen molar-refractivity contribution in [1.82, 2.24) is 4.98 Å². The molecule has 0 saturated heterocycles. The first-order chi connectivity index (χ1) is 6.80. The monoisotopic (exact) mass is 321 g/mol. The second-order valence-corrected chi connectivity index (χ2v) is 4.20. The van der Waals surface area contributed by atoms with Gasteiger partial charge in [-0.3, -0.25) is 0 Å². The molecule has 0 aliphatic carbocycles. The summed E-state index contributed by atoms with van der Waals surface area (Å²) in [5.74, 6) is -0.360. The number of halogens is 4. The van der Waals surface area contributed by atoms with E-state index in [0.29, 0.717) is 0 Å². The second kappa shape index (κ2) is 6.75. The summed E-state index contributed by atoms with van der Waals surface area (Å²) in [6.07, 6.45) is 0.943. The zero-order valence-corrected chi connectivity index (χ0v) is 13.9. The maximum Gasteiger partial charge on any atom is 1.00 e. The summed E-state index contributed by atoms with van der Waals surface area (Å²) in [7, 11) is 0. The third-order valence-electron chi connectivity index (χ3n) is 1.55. The molecule has 16 heavy (non-hydrogen) atoms. The summed E-state index contributed by atoms with van der Waals surface area (Å²) in [6.45, 7) is -1.80. The second-order valence-electron chi connectivity index (χ2n) is 3.29. The molecule has 0 radical (unpaired) electrons. The minimum Gasteiger partial charge on any atom is -0.477 e. The van der Waals surface area contributed by atoms with Crippen LogP contribution < -0.4 is 61.6 Å². The van der Waals surface area contributed by atoms with Crippen LogP contribution >= 0.6 is 15.9 Å². The Balaban J connectivity index is 0.00000225. The topological polar surface area (TPSA) is 22.1 Å². The van der Waals surface area contributed by atoms with Crippen molar-refractivity contribution in [1.29, 1.82) is 0 Å². The standard InChI is InChI=1S/C8H9BBrF3NO.K/c1-5(2)15-8-7(9(11,12)13)3-6(10)4-14-8;/h3-5H,1-2H3;/q-1;+1. The van der Waals surface area contributed by atoms with Crippen LogP contribution in [-0.4, -0.2) is 18.1 Å². The van der Waals surface area contributed by atoms with E-state index in [9.17, 15) is 12.9 Å². The fourth-order valence-electron chi connectivity index (χ4n) is 0.999. The third kappa shape index (κ3) is 5.05. The molecule has 0 N–H and O–H groups in total. The van der Waals surface area contributed by atoms with Gasteiger partial charge in [0.1, 0.15) is 0 Å². The third-order valence-corrected chi connectivity index (χ3v) is 1.98. The van der Waals surface area contributed by atoms with Crippen molar-refractivity contribution in [3.63, 3.8) is 0 Å². The van der Waals surface area contributed by atoms with E-state index < -0.39 is 12.4 Å². The summed E-state index contributed by atoms with van der Waals surface area (Å²) in [4.78, 5) is 3.61. The molecule has 2 nitrogen and oxygen atoms in total. The van der Waals surface area contributed by atoms with Gasteiger partial charge < -0.3 is 17.7 Å². The van der Waals surface area contributed by atoms with Crippen molar-refractivity contribution in [3.05, 3.63) is 16.7 Å². The molecule has 0 aliphatic heterocycles. The molecule has 0 spiro atoms. The van der Waals surface area contributed by atoms with Gasteiger partial charge in [-0.25, -0.2) is 4.98 Å². The van der Waals surface area contributed by atoms with Gasteiger partial charge in [-0.05, 0) is 35.2 Å². The molecule has 8 heteroatoms. The number of aromatic nitrogens is 1. The largest absolute Gasteiger partial charge is 1.00 e. The molecule has 0 unspecified atom stereocenters. The molecular weight excluding hydrogens is 313 g/mol. The molecular formula is C8H9BBrF3KNO. The maximum absolute atomic E-state index is 12.6. The van der Waals surface area contributed by atoms with Crippen molar-refractivity contribution >= 4 is 28.4 Å². The minimum atomic E-state index is -5.10. The Morgan fingerprint density at radius 2 is 1.94 bits per heavy atom. The van der Waals surface area contributed by atoms with Gasteiger partial charge in [0.25, 0.3) is 0 Å². The van der Waals surface area contributed by atoms with Crippen LogP contribution in [0.2, 0.25) is 0 Å². The molecule has 0 aliphatic rings. The Kier molecular flexibility index (Phi) is 7.14. The Hall–Kier alpha value is 0.921. The summed E-state index contributed by atoms with van der Waals surface area (Å²) < 4.78 is 43.1. The van der Waals surface area contributed by atoms with E-state index in [0.717, 1.165) is 6.07 Å². The summed E-state index contributed by atoms with van der Waals surface area (Å²) >= 11 is 2.95. The average molecular weight is 322 g/mol. The van der Waals surface area contributed by atoms with Crippen LogP contribution in [0.15, 0.2) is 16.7 Å². The Bertz CT molecular complexity index is 362. The average Bonchev–Trinajstić information content (AvgIpc) is 2.05. The van der Waals surface area contributed by atoms with Crippen LogP contribution in [0, 0.1) is 0 Å². The van der Waals surface area contributed by atoms with E-state index >= 15 is 0 Å². The van der Waals surface area contributed by atoms with Crippen LogP contribution in [-0.2, 0) is 0 Å². The normalized spacial score (nSPS) is 11.2. The predicted octanol–water partition coefficient (Wildman–Crippen LogP) is -0.310. The number of pyridine rings is 1. The number of nitrogens with zero attached hydrogens (tertiary/aromatic N) is 1. The first-order valence-corrected chi connectivity index (χ1v) is 5.12. The molecule has 0 amide bonds. The van der Waals surface area contributed by atoms with E-state index in [2.05, 4.69) is 20.9 Å². The number of hydrogen-bond donors (Lipinski definition) is 0. The fraction of sp³-hybridized carbons (Fsp3) is 0.375. The van der Waals surface area contributed by atoms with Crippen molar-refractivity contribution in [3.8, 4) is 5.88 Å². The first kappa shape index (κ1) is 16.9. The van der Waals surface area contributed by atoms with E-state index in [-0.39, 0.29) is 67.8 Å². The van der Waals surface area contributed by atoms with Crippen molar-refractivity contribution < 1.29 is 69.1 Å². The van der Waals surface area contributed by atoms with E-state index in [4.69, 9.17) is 4.74 Å². The van der Waals surface area contributed by atoms with Crippen molar-refractivity contribution in [2.24, 2.45) is 0 Å². The van der Waals surface area contributed by atoms with Gasteiger partial charge in [-0.2, -0.15) is 0 Å². The Morgan fingerprint density at radius 1 is 1.38 bits per heavy atom. The zero-order chi connectivity index (χ0) is 11.6. The van der Waals surface area contributed by atoms with Crippen LogP contribution in [0.3, 0.4) is 0 Å². The molecule has 1 aromatic rings. The van der Waals surface area contributed by atoms with E-state index in [1.165, 1.54) is 6.20 Å². The first-order valence-electron chi connectivity index (χ1n) is 4.32. The van der Waals surface area contributed by atoms with Crippen molar-refractivity contribution in [2.45, 2.75) is 20.0 Å². The molecule has 0 aromatic carbocycles. The summed E-state index contributed by atoms with van der Waals surface area (Å²) in [5, 5.41) is 0. The summed E-state index contributed by atoms with van der Waals surface area (Å²) in [6, 6.07) is 0.977. The minimum absolute atomic E-state index is 0. The Morgan fingerprint density at radius 3 is 2.38 bits per heavy atom. The van der Waals surface area contributed by atoms with Gasteiger partial charge in [-0.1, -0.05) is 6.07 Å². The van der Waals surface area contributed by atoms with E-state index in [1.54, 1.807) is 13.8 Å². The van der Waals surface area contributed by atoms with Crippen LogP contribution in [0.25, 0.3) is 0 Å². The van der Waals surface area contributed by atoms with Crippen LogP contribution in [0.1, 0.15) is 13.8 Å². The SMILES string of the molecule is CC(C)Oc1ncc(Br)cc1[B-](F)(F)F.[K+]. The van der Waals surface area contributed by atoms with Gasteiger partial charge in [0.2, 0.25) is 0 Å². The fourth-order valence-corrected chi connectivity index (χ4v) is 1.35. The molecule has 1 rings (SSSR count). The number of hydrogen-bond acceptors (Lipinski definition) is 2. The van der Waals surface area contributed by atoms with Crippen LogP contribution in [0.4, 0.5) is 12.9 Å². The molecule has 84 valence electrons. The van der Waals surface area contributed by atoms with Gasteiger partial charge in [-0.15, -0.1) is 0 Å². The number of rotatable bonds is 3. The zero-order valence-electron chi connectivity index (χ0n) is 9.18.